The summed E-state index contributed by atoms with van der Waals surface area (Å²) >= 11 is 7.73. The fraction of sp³-hybridized carbons (Fsp3) is 0.333. The lowest BCUT2D eigenvalue weighted by Crippen LogP contribution is -2.45. The van der Waals surface area contributed by atoms with Crippen LogP contribution in [0.4, 0.5) is 5.69 Å². The molecule has 0 radical (unpaired) electrons. The van der Waals surface area contributed by atoms with E-state index >= 15 is 0 Å². The maximum atomic E-state index is 11.4. The zero-order chi connectivity index (χ0) is 15.5. The van der Waals surface area contributed by atoms with E-state index in [-0.39, 0.29) is 41.5 Å². The van der Waals surface area contributed by atoms with Crippen LogP contribution < -0.4 is 5.32 Å². The Bertz CT molecular complexity index is 664. The highest BCUT2D eigenvalue weighted by Crippen LogP contribution is 2.38. The van der Waals surface area contributed by atoms with Crippen LogP contribution in [0.15, 0.2) is 35.7 Å². The van der Waals surface area contributed by atoms with Gasteiger partial charge in [-0.2, -0.15) is 0 Å². The Labute approximate surface area is 162 Å². The van der Waals surface area contributed by atoms with Gasteiger partial charge in [-0.3, -0.25) is 15.0 Å². The van der Waals surface area contributed by atoms with E-state index in [9.17, 15) is 10.1 Å². The molecule has 3 rings (SSSR count). The number of hydrogen-bond donors (Lipinski definition) is 1. The van der Waals surface area contributed by atoms with E-state index in [0.717, 1.165) is 31.1 Å². The first-order valence-corrected chi connectivity index (χ1v) is 8.34. The van der Waals surface area contributed by atoms with E-state index in [4.69, 9.17) is 11.6 Å². The zero-order valence-electron chi connectivity index (χ0n) is 12.7. The lowest BCUT2D eigenvalue weighted by atomic mass is 10.0. The minimum absolute atomic E-state index is 0. The summed E-state index contributed by atoms with van der Waals surface area (Å²) in [6.07, 6.45) is 0. The van der Waals surface area contributed by atoms with Crippen molar-refractivity contribution in [2.45, 2.75) is 6.04 Å². The predicted molar refractivity (Wildman–Crippen MR) is 103 cm³/mol. The van der Waals surface area contributed by atoms with Crippen molar-refractivity contribution >= 4 is 53.4 Å². The van der Waals surface area contributed by atoms with E-state index in [1.807, 2.05) is 17.5 Å². The molecule has 9 heteroatoms. The molecule has 1 aliphatic heterocycles. The number of piperazine rings is 1. The molecule has 132 valence electrons. The zero-order valence-corrected chi connectivity index (χ0v) is 15.9. The molecule has 5 nitrogen and oxygen atoms in total. The molecule has 0 saturated carbocycles. The molecule has 1 aromatic carbocycles. The smallest absolute Gasteiger partial charge is 0.274 e. The third-order valence-electron chi connectivity index (χ3n) is 3.81. The minimum atomic E-state index is -0.325. The van der Waals surface area contributed by atoms with Gasteiger partial charge in [0, 0.05) is 42.1 Å². The van der Waals surface area contributed by atoms with Crippen molar-refractivity contribution < 1.29 is 4.92 Å². The number of nitrogens with zero attached hydrogens (tertiary/aromatic N) is 2. The summed E-state index contributed by atoms with van der Waals surface area (Å²) in [5, 5.41) is 17.3. The molecule has 24 heavy (non-hydrogen) atoms. The number of nitro groups is 1. The van der Waals surface area contributed by atoms with Crippen LogP contribution in [0, 0.1) is 10.1 Å². The maximum Gasteiger partial charge on any atom is 0.274 e. The molecule has 1 N–H and O–H groups in total. The lowest BCUT2D eigenvalue weighted by molar-refractivity contribution is -0.385. The summed E-state index contributed by atoms with van der Waals surface area (Å²) in [5.41, 5.74) is 0.795. The van der Waals surface area contributed by atoms with Gasteiger partial charge in [0.05, 0.1) is 16.5 Å². The number of nitrogens with one attached hydrogen (secondary N) is 1. The topological polar surface area (TPSA) is 58.4 Å². The second-order valence-electron chi connectivity index (χ2n) is 5.16. The standard InChI is InChI=1S/C15H16ClN3O2S.2ClH/c16-11-3-4-13(19(20)21)12(10-11)15(14-2-1-9-22-14)18-7-5-17-6-8-18;;/h1-4,9-10,15,17H,5-8H2;2*1H/t15-;;/m0../s1. The summed E-state index contributed by atoms with van der Waals surface area (Å²) in [7, 11) is 0. The molecule has 0 spiro atoms. The highest BCUT2D eigenvalue weighted by molar-refractivity contribution is 7.10. The van der Waals surface area contributed by atoms with Gasteiger partial charge in [0.25, 0.3) is 5.69 Å². The van der Waals surface area contributed by atoms with Crippen molar-refractivity contribution in [3.05, 3.63) is 61.3 Å². The minimum Gasteiger partial charge on any atom is -0.314 e. The first-order valence-electron chi connectivity index (χ1n) is 7.09. The number of hydrogen-bond acceptors (Lipinski definition) is 5. The summed E-state index contributed by atoms with van der Waals surface area (Å²) in [6.45, 7) is 3.48. The third-order valence-corrected chi connectivity index (χ3v) is 4.97. The molecule has 1 aliphatic rings. The fourth-order valence-electron chi connectivity index (χ4n) is 2.83. The monoisotopic (exact) mass is 409 g/mol. The molecule has 2 aromatic rings. The number of thiophene rings is 1. The molecule has 0 amide bonds. The van der Waals surface area contributed by atoms with Crippen molar-refractivity contribution in [3.8, 4) is 0 Å². The summed E-state index contributed by atoms with van der Waals surface area (Å²) < 4.78 is 0. The predicted octanol–water partition coefficient (Wildman–Crippen LogP) is 4.15. The Morgan fingerprint density at radius 2 is 1.96 bits per heavy atom. The molecule has 1 fully saturated rings. The van der Waals surface area contributed by atoms with Crippen LogP contribution in [0.2, 0.25) is 5.02 Å². The second-order valence-corrected chi connectivity index (χ2v) is 6.58. The average molecular weight is 411 g/mol. The van der Waals surface area contributed by atoms with Crippen molar-refractivity contribution in [2.24, 2.45) is 0 Å². The summed E-state index contributed by atoms with van der Waals surface area (Å²) in [5.74, 6) is 0. The summed E-state index contributed by atoms with van der Waals surface area (Å²) in [4.78, 5) is 14.5. The van der Waals surface area contributed by atoms with Gasteiger partial charge >= 0.3 is 0 Å². The van der Waals surface area contributed by atoms with Gasteiger partial charge < -0.3 is 5.32 Å². The van der Waals surface area contributed by atoms with Gasteiger partial charge in [0.1, 0.15) is 0 Å². The van der Waals surface area contributed by atoms with E-state index in [1.54, 1.807) is 23.5 Å². The summed E-state index contributed by atoms with van der Waals surface area (Å²) in [6, 6.07) is 8.69. The van der Waals surface area contributed by atoms with Gasteiger partial charge in [-0.1, -0.05) is 17.7 Å². The lowest BCUT2D eigenvalue weighted by Gasteiger charge is -2.34. The van der Waals surface area contributed by atoms with Crippen molar-refractivity contribution in [3.63, 3.8) is 0 Å². The second kappa shape index (κ2) is 9.56. The van der Waals surface area contributed by atoms with Gasteiger partial charge in [0.2, 0.25) is 0 Å². The highest BCUT2D eigenvalue weighted by atomic mass is 35.5. The Morgan fingerprint density at radius 3 is 2.54 bits per heavy atom. The van der Waals surface area contributed by atoms with E-state index in [2.05, 4.69) is 10.2 Å². The number of nitro benzene ring substituents is 1. The highest BCUT2D eigenvalue weighted by Gasteiger charge is 2.30. The van der Waals surface area contributed by atoms with Gasteiger partial charge in [0.15, 0.2) is 0 Å². The largest absolute Gasteiger partial charge is 0.314 e. The Kier molecular flexibility index (Phi) is 8.42. The van der Waals surface area contributed by atoms with Crippen LogP contribution in [-0.4, -0.2) is 36.0 Å². The van der Waals surface area contributed by atoms with E-state index < -0.39 is 0 Å². The van der Waals surface area contributed by atoms with E-state index in [0.29, 0.717) is 10.6 Å². The Morgan fingerprint density at radius 1 is 1.25 bits per heavy atom. The van der Waals surface area contributed by atoms with Crippen LogP contribution in [0.25, 0.3) is 0 Å². The first-order chi connectivity index (χ1) is 10.7. The quantitative estimate of drug-likeness (QED) is 0.608. The molecule has 2 heterocycles. The van der Waals surface area contributed by atoms with Crippen LogP contribution in [0.5, 0.6) is 0 Å². The average Bonchev–Trinajstić information content (AvgIpc) is 3.02. The van der Waals surface area contributed by atoms with Crippen LogP contribution >= 0.6 is 47.8 Å². The Hall–Kier alpha value is -0.890. The van der Waals surface area contributed by atoms with Crippen molar-refractivity contribution in [1.29, 1.82) is 0 Å². The normalized spacial score (nSPS) is 15.9. The Balaban J connectivity index is 0.00000144. The van der Waals surface area contributed by atoms with Gasteiger partial charge in [-0.05, 0) is 23.6 Å². The molecular formula is C15H18Cl3N3O2S. The SMILES string of the molecule is Cl.Cl.O=[N+]([O-])c1ccc(Cl)cc1[C@@H](c1cccs1)N1CCNCC1. The van der Waals surface area contributed by atoms with Crippen LogP contribution in [0.3, 0.4) is 0 Å². The van der Waals surface area contributed by atoms with Gasteiger partial charge in [-0.15, -0.1) is 36.2 Å². The van der Waals surface area contributed by atoms with Crippen molar-refractivity contribution in [2.75, 3.05) is 26.2 Å². The molecular weight excluding hydrogens is 393 g/mol. The van der Waals surface area contributed by atoms with Crippen LogP contribution in [0.1, 0.15) is 16.5 Å². The number of rotatable bonds is 4. The maximum absolute atomic E-state index is 11.4. The van der Waals surface area contributed by atoms with Gasteiger partial charge in [-0.25, -0.2) is 0 Å². The molecule has 0 aliphatic carbocycles. The van der Waals surface area contributed by atoms with E-state index in [1.165, 1.54) is 6.07 Å². The number of benzene rings is 1. The molecule has 0 bridgehead atoms. The molecule has 1 atom stereocenters. The first kappa shape index (κ1) is 21.2. The number of halogens is 3. The fourth-order valence-corrected chi connectivity index (χ4v) is 3.88. The third kappa shape index (κ3) is 4.59. The van der Waals surface area contributed by atoms with Crippen molar-refractivity contribution in [1.82, 2.24) is 10.2 Å². The molecule has 1 aromatic heterocycles. The molecule has 0 unspecified atom stereocenters. The van der Waals surface area contributed by atoms with Crippen LogP contribution in [-0.2, 0) is 0 Å². The molecule has 1 saturated heterocycles.